The van der Waals surface area contributed by atoms with E-state index < -0.39 is 11.9 Å². The first-order valence-electron chi connectivity index (χ1n) is 3.83. The summed E-state index contributed by atoms with van der Waals surface area (Å²) >= 11 is 1.50. The Labute approximate surface area is 81.9 Å². The fourth-order valence-corrected chi connectivity index (χ4v) is 1.33. The summed E-state index contributed by atoms with van der Waals surface area (Å²) in [5.74, 6) is 0.435. The van der Waals surface area contributed by atoms with Gasteiger partial charge in [-0.3, -0.25) is 14.9 Å². The summed E-state index contributed by atoms with van der Waals surface area (Å²) in [4.78, 5) is 21.5. The quantitative estimate of drug-likeness (QED) is 0.482. The summed E-state index contributed by atoms with van der Waals surface area (Å²) in [5.41, 5.74) is 5.49. The van der Waals surface area contributed by atoms with Gasteiger partial charge >= 0.3 is 0 Å². The van der Waals surface area contributed by atoms with Gasteiger partial charge in [-0.1, -0.05) is 6.08 Å². The van der Waals surface area contributed by atoms with Gasteiger partial charge < -0.3 is 5.73 Å². The van der Waals surface area contributed by atoms with Crippen LogP contribution in [0.15, 0.2) is 12.7 Å². The van der Waals surface area contributed by atoms with E-state index in [-0.39, 0.29) is 5.91 Å². The SMILES string of the molecule is C=CCSC[C@H](N)C(=O)NC(C)=O. The highest BCUT2D eigenvalue weighted by molar-refractivity contribution is 7.99. The highest BCUT2D eigenvalue weighted by Crippen LogP contribution is 2.01. The minimum Gasteiger partial charge on any atom is -0.319 e. The van der Waals surface area contributed by atoms with Crippen molar-refractivity contribution in [2.24, 2.45) is 5.73 Å². The lowest BCUT2D eigenvalue weighted by Crippen LogP contribution is -2.44. The maximum Gasteiger partial charge on any atom is 0.244 e. The molecule has 74 valence electrons. The van der Waals surface area contributed by atoms with E-state index in [4.69, 9.17) is 5.73 Å². The third kappa shape index (κ3) is 6.36. The van der Waals surface area contributed by atoms with E-state index in [9.17, 15) is 9.59 Å². The Balaban J connectivity index is 3.68. The molecule has 3 N–H and O–H groups in total. The van der Waals surface area contributed by atoms with Gasteiger partial charge in [0.15, 0.2) is 0 Å². The Kier molecular flexibility index (Phi) is 6.26. The van der Waals surface area contributed by atoms with Crippen molar-refractivity contribution >= 4 is 23.6 Å². The van der Waals surface area contributed by atoms with Gasteiger partial charge in [-0.25, -0.2) is 0 Å². The molecule has 13 heavy (non-hydrogen) atoms. The highest BCUT2D eigenvalue weighted by Gasteiger charge is 2.13. The molecule has 0 fully saturated rings. The number of thioether (sulfide) groups is 1. The number of nitrogens with one attached hydrogen (secondary N) is 1. The van der Waals surface area contributed by atoms with E-state index in [0.717, 1.165) is 5.75 Å². The molecule has 0 saturated heterocycles. The van der Waals surface area contributed by atoms with Crippen molar-refractivity contribution in [1.82, 2.24) is 5.32 Å². The van der Waals surface area contributed by atoms with E-state index in [1.54, 1.807) is 6.08 Å². The Morgan fingerprint density at radius 3 is 2.77 bits per heavy atom. The van der Waals surface area contributed by atoms with Crippen LogP contribution in [0, 0.1) is 0 Å². The van der Waals surface area contributed by atoms with Crippen molar-refractivity contribution in [2.45, 2.75) is 13.0 Å². The Morgan fingerprint density at radius 1 is 1.69 bits per heavy atom. The van der Waals surface area contributed by atoms with Crippen molar-refractivity contribution in [1.29, 1.82) is 0 Å². The molecule has 0 aliphatic heterocycles. The minimum atomic E-state index is -0.631. The minimum absolute atomic E-state index is 0.380. The van der Waals surface area contributed by atoms with Crippen LogP contribution in [-0.4, -0.2) is 29.4 Å². The van der Waals surface area contributed by atoms with Gasteiger partial charge in [0.2, 0.25) is 11.8 Å². The molecular weight excluding hydrogens is 188 g/mol. The van der Waals surface area contributed by atoms with Crippen LogP contribution in [0.2, 0.25) is 0 Å². The number of amides is 2. The van der Waals surface area contributed by atoms with Gasteiger partial charge in [0.25, 0.3) is 0 Å². The maximum atomic E-state index is 11.1. The standard InChI is InChI=1S/C8H14N2O2S/c1-3-4-13-5-7(9)8(12)10-6(2)11/h3,7H,1,4-5,9H2,2H3,(H,10,11,12)/t7-/m0/s1. The van der Waals surface area contributed by atoms with Crippen molar-refractivity contribution in [2.75, 3.05) is 11.5 Å². The molecule has 0 saturated carbocycles. The zero-order valence-electron chi connectivity index (χ0n) is 7.58. The molecule has 0 heterocycles. The lowest BCUT2D eigenvalue weighted by molar-refractivity contribution is -0.129. The second kappa shape index (κ2) is 6.68. The van der Waals surface area contributed by atoms with Crippen molar-refractivity contribution in [3.63, 3.8) is 0 Å². The van der Waals surface area contributed by atoms with E-state index in [1.807, 2.05) is 0 Å². The summed E-state index contributed by atoms with van der Waals surface area (Å²) in [5, 5.41) is 2.13. The first kappa shape index (κ1) is 12.2. The number of carbonyl (C=O) groups excluding carboxylic acids is 2. The summed E-state index contributed by atoms with van der Waals surface area (Å²) in [6, 6.07) is -0.631. The smallest absolute Gasteiger partial charge is 0.244 e. The maximum absolute atomic E-state index is 11.1. The van der Waals surface area contributed by atoms with Crippen LogP contribution in [0.4, 0.5) is 0 Å². The molecule has 0 aliphatic rings. The van der Waals surface area contributed by atoms with Gasteiger partial charge in [0, 0.05) is 18.4 Å². The molecule has 0 bridgehead atoms. The van der Waals surface area contributed by atoms with Gasteiger partial charge in [-0.05, 0) is 0 Å². The lowest BCUT2D eigenvalue weighted by atomic mass is 10.3. The normalized spacial score (nSPS) is 11.8. The molecule has 0 unspecified atom stereocenters. The van der Waals surface area contributed by atoms with E-state index in [0.29, 0.717) is 5.75 Å². The number of carbonyl (C=O) groups is 2. The van der Waals surface area contributed by atoms with Crippen LogP contribution >= 0.6 is 11.8 Å². The monoisotopic (exact) mass is 202 g/mol. The van der Waals surface area contributed by atoms with Crippen LogP contribution in [0.3, 0.4) is 0 Å². The van der Waals surface area contributed by atoms with Crippen LogP contribution in [0.1, 0.15) is 6.92 Å². The third-order valence-corrected chi connectivity index (χ3v) is 2.24. The molecule has 4 nitrogen and oxygen atoms in total. The molecule has 0 spiro atoms. The Hall–Kier alpha value is -0.810. The molecule has 0 aromatic heterocycles. The zero-order chi connectivity index (χ0) is 10.3. The average molecular weight is 202 g/mol. The number of hydrogen-bond acceptors (Lipinski definition) is 4. The second-order valence-corrected chi connectivity index (χ2v) is 3.55. The number of nitrogens with two attached hydrogens (primary N) is 1. The molecule has 0 aromatic rings. The Bertz CT molecular complexity index is 206. The van der Waals surface area contributed by atoms with Gasteiger partial charge in [-0.15, -0.1) is 6.58 Å². The van der Waals surface area contributed by atoms with Crippen molar-refractivity contribution in [3.8, 4) is 0 Å². The second-order valence-electron chi connectivity index (χ2n) is 2.48. The molecule has 0 radical (unpaired) electrons. The molecule has 0 aromatic carbocycles. The van der Waals surface area contributed by atoms with Crippen LogP contribution < -0.4 is 11.1 Å². The van der Waals surface area contributed by atoms with E-state index in [2.05, 4.69) is 11.9 Å². The van der Waals surface area contributed by atoms with Gasteiger partial charge in [0.05, 0.1) is 6.04 Å². The molecule has 1 atom stereocenters. The first-order chi connectivity index (χ1) is 6.07. The van der Waals surface area contributed by atoms with Crippen LogP contribution in [0.25, 0.3) is 0 Å². The number of hydrogen-bond donors (Lipinski definition) is 2. The molecule has 5 heteroatoms. The van der Waals surface area contributed by atoms with Gasteiger partial charge in [-0.2, -0.15) is 11.8 Å². The molecule has 0 rings (SSSR count). The summed E-state index contributed by atoms with van der Waals surface area (Å²) < 4.78 is 0. The predicted molar refractivity (Wildman–Crippen MR) is 54.3 cm³/mol. The first-order valence-corrected chi connectivity index (χ1v) is 4.99. The summed E-state index contributed by atoms with van der Waals surface area (Å²) in [7, 11) is 0. The predicted octanol–water partition coefficient (Wildman–Crippen LogP) is -0.104. The van der Waals surface area contributed by atoms with E-state index >= 15 is 0 Å². The average Bonchev–Trinajstić information content (AvgIpc) is 2.03. The molecule has 2 amide bonds. The topological polar surface area (TPSA) is 72.2 Å². The largest absolute Gasteiger partial charge is 0.319 e. The molecule has 0 aliphatic carbocycles. The van der Waals surface area contributed by atoms with Crippen LogP contribution in [-0.2, 0) is 9.59 Å². The Morgan fingerprint density at radius 2 is 2.31 bits per heavy atom. The number of imide groups is 1. The summed E-state index contributed by atoms with van der Waals surface area (Å²) in [6.45, 7) is 4.81. The van der Waals surface area contributed by atoms with Crippen molar-refractivity contribution < 1.29 is 9.59 Å². The summed E-state index contributed by atoms with van der Waals surface area (Å²) in [6.07, 6.45) is 1.74. The highest BCUT2D eigenvalue weighted by atomic mass is 32.2. The van der Waals surface area contributed by atoms with E-state index in [1.165, 1.54) is 18.7 Å². The fourth-order valence-electron chi connectivity index (χ4n) is 0.620. The third-order valence-electron chi connectivity index (χ3n) is 1.17. The van der Waals surface area contributed by atoms with Gasteiger partial charge in [0.1, 0.15) is 0 Å². The molecular formula is C8H14N2O2S. The fraction of sp³-hybridized carbons (Fsp3) is 0.500. The van der Waals surface area contributed by atoms with Crippen LogP contribution in [0.5, 0.6) is 0 Å². The number of rotatable bonds is 5. The lowest BCUT2D eigenvalue weighted by Gasteiger charge is -2.08. The zero-order valence-corrected chi connectivity index (χ0v) is 8.39. The van der Waals surface area contributed by atoms with Crippen molar-refractivity contribution in [3.05, 3.63) is 12.7 Å².